The zero-order valence-corrected chi connectivity index (χ0v) is 14.4. The Morgan fingerprint density at radius 3 is 2.00 bits per heavy atom. The lowest BCUT2D eigenvalue weighted by molar-refractivity contribution is -0.145. The molecule has 0 aromatic carbocycles. The van der Waals surface area contributed by atoms with Gasteiger partial charge in [-0.3, -0.25) is 10.2 Å². The molecule has 1 amide bonds. The van der Waals surface area contributed by atoms with Crippen molar-refractivity contribution >= 4 is 17.8 Å². The van der Waals surface area contributed by atoms with E-state index in [9.17, 15) is 9.59 Å². The summed E-state index contributed by atoms with van der Waals surface area (Å²) in [6.07, 6.45) is 9.42. The molecule has 0 aliphatic heterocycles. The van der Waals surface area contributed by atoms with E-state index >= 15 is 0 Å². The second kappa shape index (κ2) is 12.7. The van der Waals surface area contributed by atoms with Crippen LogP contribution in [0, 0.1) is 5.41 Å². The predicted molar refractivity (Wildman–Crippen MR) is 91.1 cm³/mol. The molecule has 0 saturated carbocycles. The summed E-state index contributed by atoms with van der Waals surface area (Å²) >= 11 is 0. The minimum Gasteiger partial charge on any atom is -0.478 e. The number of carboxylic acids is 1. The zero-order valence-electron chi connectivity index (χ0n) is 14.4. The van der Waals surface area contributed by atoms with Gasteiger partial charge in [0, 0.05) is 13.5 Å². The van der Waals surface area contributed by atoms with Gasteiger partial charge in [0.1, 0.15) is 0 Å². The Kier molecular flexibility index (Phi) is 11.7. The van der Waals surface area contributed by atoms with E-state index in [1.807, 2.05) is 0 Å². The largest absolute Gasteiger partial charge is 0.478 e. The summed E-state index contributed by atoms with van der Waals surface area (Å²) in [5, 5.41) is 18.7. The second-order valence-corrected chi connectivity index (χ2v) is 5.88. The topological polar surface area (TPSA) is 120 Å². The smallest absolute Gasteiger partial charge is 0.347 e. The Morgan fingerprint density at radius 2 is 1.57 bits per heavy atom. The van der Waals surface area contributed by atoms with Gasteiger partial charge in [-0.05, 0) is 6.42 Å². The van der Waals surface area contributed by atoms with Crippen molar-refractivity contribution in [2.24, 2.45) is 5.73 Å². The van der Waals surface area contributed by atoms with Gasteiger partial charge in [0.05, 0.1) is 0 Å². The summed E-state index contributed by atoms with van der Waals surface area (Å²) in [6.45, 7) is 2.20. The summed E-state index contributed by atoms with van der Waals surface area (Å²) in [5.41, 5.74) is 5.24. The molecule has 0 aliphatic rings. The quantitative estimate of drug-likeness (QED) is 0.179. The second-order valence-electron chi connectivity index (χ2n) is 5.88. The van der Waals surface area contributed by atoms with Crippen LogP contribution in [0.25, 0.3) is 0 Å². The maximum atomic E-state index is 11.8. The van der Waals surface area contributed by atoms with Crippen LogP contribution >= 0.6 is 0 Å². The minimum absolute atomic E-state index is 0.297. The molecular weight excluding hydrogens is 296 g/mol. The molecule has 7 heteroatoms. The molecule has 0 rings (SSSR count). The van der Waals surface area contributed by atoms with Crippen molar-refractivity contribution in [3.05, 3.63) is 0 Å². The van der Waals surface area contributed by atoms with Crippen molar-refractivity contribution in [3.63, 3.8) is 0 Å². The van der Waals surface area contributed by atoms with Crippen molar-refractivity contribution in [3.8, 4) is 0 Å². The molecule has 0 aromatic rings. The fraction of sp³-hybridized carbons (Fsp3) is 0.812. The Morgan fingerprint density at radius 1 is 1.09 bits per heavy atom. The van der Waals surface area contributed by atoms with Crippen molar-refractivity contribution < 1.29 is 14.7 Å². The molecule has 0 aliphatic carbocycles. The van der Waals surface area contributed by atoms with Gasteiger partial charge in [-0.1, -0.05) is 58.3 Å². The van der Waals surface area contributed by atoms with Gasteiger partial charge in [-0.15, -0.1) is 0 Å². The summed E-state index contributed by atoms with van der Waals surface area (Å²) < 4.78 is 0. The van der Waals surface area contributed by atoms with E-state index in [2.05, 4.69) is 12.2 Å². The monoisotopic (exact) mass is 328 g/mol. The van der Waals surface area contributed by atoms with E-state index in [0.29, 0.717) is 6.42 Å². The number of carboxylic acid groups (broad SMARTS) is 1. The van der Waals surface area contributed by atoms with Crippen LogP contribution in [-0.2, 0) is 9.59 Å². The van der Waals surface area contributed by atoms with Gasteiger partial charge in [0.15, 0.2) is 5.96 Å². The summed E-state index contributed by atoms with van der Waals surface area (Å²) in [4.78, 5) is 23.9. The molecule has 23 heavy (non-hydrogen) atoms. The number of hydrogen-bond donors (Lipinski definition) is 4. The van der Waals surface area contributed by atoms with Crippen molar-refractivity contribution in [1.82, 2.24) is 10.2 Å². The zero-order chi connectivity index (χ0) is 17.7. The molecule has 0 spiro atoms. The van der Waals surface area contributed by atoms with E-state index < -0.39 is 18.1 Å². The molecule has 0 aromatic heterocycles. The maximum Gasteiger partial charge on any atom is 0.347 e. The number of nitrogens with two attached hydrogens (primary N) is 1. The average molecular weight is 328 g/mol. The van der Waals surface area contributed by atoms with Gasteiger partial charge in [-0.25, -0.2) is 4.79 Å². The SMILES string of the molecule is CCCCCCCCCCCC(=O)NC(C(=O)O)N(C)C(=N)N. The number of guanidine groups is 1. The number of hydrogen-bond acceptors (Lipinski definition) is 3. The first-order valence-corrected chi connectivity index (χ1v) is 8.49. The Bertz CT molecular complexity index is 374. The molecule has 0 bridgehead atoms. The number of amides is 1. The number of nitrogens with zero attached hydrogens (tertiary/aromatic N) is 1. The highest BCUT2D eigenvalue weighted by atomic mass is 16.4. The fourth-order valence-electron chi connectivity index (χ4n) is 2.28. The molecular formula is C16H32N4O3. The standard InChI is InChI=1S/C16H32N4O3/c1-3-4-5-6-7-8-9-10-11-12-13(21)19-14(15(22)23)20(2)16(17)18/h14H,3-12H2,1-2H3,(H3,17,18)(H,19,21)(H,22,23). The molecule has 134 valence electrons. The Hall–Kier alpha value is -1.79. The molecule has 0 saturated heterocycles. The summed E-state index contributed by atoms with van der Waals surface area (Å²) in [7, 11) is 1.36. The number of unbranched alkanes of at least 4 members (excludes halogenated alkanes) is 8. The molecule has 0 fully saturated rings. The molecule has 1 atom stereocenters. The van der Waals surface area contributed by atoms with Crippen LogP contribution in [-0.4, -0.2) is 41.1 Å². The molecule has 7 nitrogen and oxygen atoms in total. The molecule has 1 unspecified atom stereocenters. The van der Waals surface area contributed by atoms with Crippen LogP contribution in [0.2, 0.25) is 0 Å². The fourth-order valence-corrected chi connectivity index (χ4v) is 2.28. The van der Waals surface area contributed by atoms with E-state index in [1.54, 1.807) is 0 Å². The van der Waals surface area contributed by atoms with Crippen molar-refractivity contribution in [1.29, 1.82) is 5.41 Å². The highest BCUT2D eigenvalue weighted by Gasteiger charge is 2.25. The highest BCUT2D eigenvalue weighted by molar-refractivity contribution is 5.87. The van der Waals surface area contributed by atoms with Crippen LogP contribution < -0.4 is 11.1 Å². The first kappa shape index (κ1) is 21.2. The number of aliphatic carboxylic acids is 1. The third-order valence-corrected chi connectivity index (χ3v) is 3.81. The van der Waals surface area contributed by atoms with Crippen LogP contribution in [0.3, 0.4) is 0 Å². The van der Waals surface area contributed by atoms with Gasteiger partial charge >= 0.3 is 5.97 Å². The van der Waals surface area contributed by atoms with Crippen LogP contribution in [0.1, 0.15) is 71.1 Å². The highest BCUT2D eigenvalue weighted by Crippen LogP contribution is 2.10. The van der Waals surface area contributed by atoms with Gasteiger partial charge in [0.25, 0.3) is 0 Å². The number of rotatable bonds is 13. The van der Waals surface area contributed by atoms with Crippen LogP contribution in [0.4, 0.5) is 0 Å². The van der Waals surface area contributed by atoms with Crippen LogP contribution in [0.15, 0.2) is 0 Å². The third-order valence-electron chi connectivity index (χ3n) is 3.81. The average Bonchev–Trinajstić information content (AvgIpc) is 2.49. The van der Waals surface area contributed by atoms with E-state index in [4.69, 9.17) is 16.2 Å². The maximum absolute atomic E-state index is 11.8. The lowest BCUT2D eigenvalue weighted by Gasteiger charge is -2.25. The van der Waals surface area contributed by atoms with Crippen LogP contribution in [0.5, 0.6) is 0 Å². The number of carbonyl (C=O) groups is 2. The van der Waals surface area contributed by atoms with Crippen molar-refractivity contribution in [2.75, 3.05) is 7.05 Å². The molecule has 0 heterocycles. The first-order valence-electron chi connectivity index (χ1n) is 8.49. The normalized spacial score (nSPS) is 11.7. The van der Waals surface area contributed by atoms with Gasteiger partial charge < -0.3 is 21.1 Å². The Balaban J connectivity index is 3.80. The van der Waals surface area contributed by atoms with Crippen molar-refractivity contribution in [2.45, 2.75) is 77.3 Å². The van der Waals surface area contributed by atoms with E-state index in [-0.39, 0.29) is 5.91 Å². The predicted octanol–water partition coefficient (Wildman–Crippen LogP) is 2.26. The number of carbonyl (C=O) groups excluding carboxylic acids is 1. The lowest BCUT2D eigenvalue weighted by atomic mass is 10.1. The molecule has 0 radical (unpaired) electrons. The summed E-state index contributed by atoms with van der Waals surface area (Å²) in [5.74, 6) is -1.96. The van der Waals surface area contributed by atoms with Gasteiger partial charge in [0.2, 0.25) is 12.1 Å². The lowest BCUT2D eigenvalue weighted by Crippen LogP contribution is -2.55. The third kappa shape index (κ3) is 10.5. The number of likely N-dealkylation sites (N-methyl/N-ethyl adjacent to an activating group) is 1. The Labute approximate surface area is 139 Å². The van der Waals surface area contributed by atoms with E-state index in [1.165, 1.54) is 45.6 Å². The minimum atomic E-state index is -1.29. The van der Waals surface area contributed by atoms with Gasteiger partial charge in [-0.2, -0.15) is 0 Å². The number of nitrogens with one attached hydrogen (secondary N) is 2. The molecule has 5 N–H and O–H groups in total. The first-order chi connectivity index (χ1) is 10.9. The van der Waals surface area contributed by atoms with E-state index in [0.717, 1.165) is 24.2 Å². The summed E-state index contributed by atoms with van der Waals surface area (Å²) in [6, 6.07) is 0.